The second-order valence-corrected chi connectivity index (χ2v) is 5.60. The first-order valence-corrected chi connectivity index (χ1v) is 7.34. The molecule has 0 aliphatic carbocycles. The number of benzene rings is 2. The number of aryl methyl sites for hydroxylation is 1. The van der Waals surface area contributed by atoms with Crippen LogP contribution in [-0.2, 0) is 0 Å². The fourth-order valence-corrected chi connectivity index (χ4v) is 2.77. The minimum absolute atomic E-state index is 0.141. The maximum Gasteiger partial charge on any atom is 0.336 e. The highest BCUT2D eigenvalue weighted by Crippen LogP contribution is 2.37. The number of rotatable bonds is 1. The van der Waals surface area contributed by atoms with Crippen LogP contribution < -0.4 is 10.4 Å². The number of carbonyl (C=O) groups is 1. The predicted molar refractivity (Wildman–Crippen MR) is 88.3 cm³/mol. The summed E-state index contributed by atoms with van der Waals surface area (Å²) in [6.07, 6.45) is 1.58. The summed E-state index contributed by atoms with van der Waals surface area (Å²) in [5, 5.41) is 10.0. The Bertz CT molecular complexity index is 1070. The highest BCUT2D eigenvalue weighted by molar-refractivity contribution is 6.20. The first-order valence-electron chi connectivity index (χ1n) is 7.34. The molecule has 1 aliphatic rings. The molecule has 0 fully saturated rings. The highest BCUT2D eigenvalue weighted by atomic mass is 16.5. The Morgan fingerprint density at radius 1 is 1.04 bits per heavy atom. The van der Waals surface area contributed by atoms with Crippen LogP contribution in [-0.4, -0.2) is 10.9 Å². The van der Waals surface area contributed by atoms with Crippen molar-refractivity contribution in [2.45, 2.75) is 6.92 Å². The number of hydrogen-bond acceptors (Lipinski definition) is 5. The van der Waals surface area contributed by atoms with Gasteiger partial charge in [-0.1, -0.05) is 12.1 Å². The van der Waals surface area contributed by atoms with E-state index in [1.165, 1.54) is 18.2 Å². The van der Waals surface area contributed by atoms with Crippen LogP contribution in [0.15, 0.2) is 57.4 Å². The number of carbonyl (C=O) groups excluding carboxylic acids is 1. The van der Waals surface area contributed by atoms with Crippen molar-refractivity contribution in [2.75, 3.05) is 0 Å². The molecule has 0 spiro atoms. The zero-order chi connectivity index (χ0) is 16.8. The summed E-state index contributed by atoms with van der Waals surface area (Å²) in [5.74, 6) is 0.318. The molecule has 24 heavy (non-hydrogen) atoms. The summed E-state index contributed by atoms with van der Waals surface area (Å²) >= 11 is 0. The lowest BCUT2D eigenvalue weighted by Gasteiger charge is -2.02. The highest BCUT2D eigenvalue weighted by Gasteiger charge is 2.31. The van der Waals surface area contributed by atoms with Gasteiger partial charge in [0.1, 0.15) is 17.1 Å². The maximum absolute atomic E-state index is 12.7. The Hall–Kier alpha value is -3.34. The molecule has 1 aromatic heterocycles. The van der Waals surface area contributed by atoms with E-state index in [2.05, 4.69) is 0 Å². The summed E-state index contributed by atoms with van der Waals surface area (Å²) in [4.78, 5) is 24.4. The zero-order valence-corrected chi connectivity index (χ0v) is 12.7. The molecule has 0 amide bonds. The second kappa shape index (κ2) is 5.09. The van der Waals surface area contributed by atoms with Gasteiger partial charge in [0.15, 0.2) is 11.3 Å². The van der Waals surface area contributed by atoms with Crippen LogP contribution >= 0.6 is 0 Å². The SMILES string of the molecule is Cc1cc(=O)oc2c3c(ccc12)O/C(=C/c1ccc(O)cc1)C3=O. The first kappa shape index (κ1) is 14.3. The lowest BCUT2D eigenvalue weighted by Crippen LogP contribution is -2.02. The Labute approximate surface area is 136 Å². The Kier molecular flexibility index (Phi) is 3.03. The van der Waals surface area contributed by atoms with Gasteiger partial charge in [0.2, 0.25) is 5.78 Å². The minimum atomic E-state index is -0.503. The molecule has 1 N–H and O–H groups in total. The standard InChI is InChI=1S/C19H12O5/c1-10-8-16(21)24-19-13(10)6-7-14-17(19)18(22)15(23-14)9-11-2-4-12(20)5-3-11/h2-9,20H,1H3/b15-9+. The number of phenols is 1. The number of Topliss-reactive ketones (excluding diaryl/α,β-unsaturated/α-hetero) is 1. The van der Waals surface area contributed by atoms with Gasteiger partial charge in [-0.2, -0.15) is 0 Å². The number of ketones is 1. The molecule has 0 atom stereocenters. The molecule has 0 unspecified atom stereocenters. The fraction of sp³-hybridized carbons (Fsp3) is 0.0526. The molecule has 2 aromatic carbocycles. The summed E-state index contributed by atoms with van der Waals surface area (Å²) in [5.41, 5.74) is 1.46. The van der Waals surface area contributed by atoms with Gasteiger partial charge in [-0.25, -0.2) is 4.79 Å². The van der Waals surface area contributed by atoms with Gasteiger partial charge in [-0.05, 0) is 48.4 Å². The van der Waals surface area contributed by atoms with Gasteiger partial charge in [-0.3, -0.25) is 4.79 Å². The van der Waals surface area contributed by atoms with Crippen molar-refractivity contribution in [2.24, 2.45) is 0 Å². The molecule has 4 rings (SSSR count). The third kappa shape index (κ3) is 2.18. The summed E-state index contributed by atoms with van der Waals surface area (Å²) in [6.45, 7) is 1.79. The number of phenolic OH excluding ortho intramolecular Hbond substituents is 1. The van der Waals surface area contributed by atoms with E-state index >= 15 is 0 Å². The third-order valence-corrected chi connectivity index (χ3v) is 3.94. The monoisotopic (exact) mass is 320 g/mol. The van der Waals surface area contributed by atoms with E-state index in [-0.39, 0.29) is 28.4 Å². The van der Waals surface area contributed by atoms with Crippen molar-refractivity contribution in [1.29, 1.82) is 0 Å². The molecule has 3 aromatic rings. The lowest BCUT2D eigenvalue weighted by atomic mass is 10.0. The molecule has 5 heteroatoms. The van der Waals surface area contributed by atoms with Crippen molar-refractivity contribution in [3.05, 3.63) is 75.3 Å². The van der Waals surface area contributed by atoms with Crippen LogP contribution in [0.2, 0.25) is 0 Å². The molecular formula is C19H12O5. The topological polar surface area (TPSA) is 76.7 Å². The van der Waals surface area contributed by atoms with Crippen LogP contribution in [0.5, 0.6) is 11.5 Å². The first-order chi connectivity index (χ1) is 11.5. The van der Waals surface area contributed by atoms with Gasteiger partial charge in [0, 0.05) is 11.5 Å². The van der Waals surface area contributed by atoms with Crippen molar-refractivity contribution >= 4 is 22.8 Å². The van der Waals surface area contributed by atoms with Crippen LogP contribution in [0, 0.1) is 6.92 Å². The average Bonchev–Trinajstić information content (AvgIpc) is 2.86. The maximum atomic E-state index is 12.7. The van der Waals surface area contributed by atoms with Gasteiger partial charge >= 0.3 is 5.63 Å². The fourth-order valence-electron chi connectivity index (χ4n) is 2.77. The van der Waals surface area contributed by atoms with Crippen LogP contribution in [0.4, 0.5) is 0 Å². The van der Waals surface area contributed by atoms with E-state index in [0.717, 1.165) is 5.56 Å². The lowest BCUT2D eigenvalue weighted by molar-refractivity contribution is 0.101. The summed E-state index contributed by atoms with van der Waals surface area (Å²) in [6, 6.07) is 11.2. The Morgan fingerprint density at radius 2 is 1.79 bits per heavy atom. The molecule has 1 aliphatic heterocycles. The van der Waals surface area contributed by atoms with Crippen molar-refractivity contribution < 1.29 is 19.1 Å². The molecule has 5 nitrogen and oxygen atoms in total. The van der Waals surface area contributed by atoms with E-state index in [9.17, 15) is 14.7 Å². The number of aromatic hydroxyl groups is 1. The zero-order valence-electron chi connectivity index (χ0n) is 12.7. The number of allylic oxidation sites excluding steroid dienone is 1. The smallest absolute Gasteiger partial charge is 0.336 e. The second-order valence-electron chi connectivity index (χ2n) is 5.60. The van der Waals surface area contributed by atoms with E-state index < -0.39 is 5.63 Å². The van der Waals surface area contributed by atoms with E-state index in [1.807, 2.05) is 0 Å². The minimum Gasteiger partial charge on any atom is -0.508 e. The van der Waals surface area contributed by atoms with Crippen molar-refractivity contribution in [3.63, 3.8) is 0 Å². The number of ether oxygens (including phenoxy) is 1. The largest absolute Gasteiger partial charge is 0.508 e. The van der Waals surface area contributed by atoms with E-state index in [0.29, 0.717) is 16.7 Å². The molecular weight excluding hydrogens is 308 g/mol. The van der Waals surface area contributed by atoms with Gasteiger partial charge in [-0.15, -0.1) is 0 Å². The molecule has 2 heterocycles. The van der Waals surface area contributed by atoms with Crippen molar-refractivity contribution in [3.8, 4) is 11.5 Å². The van der Waals surface area contributed by atoms with Gasteiger partial charge in [0.05, 0.1) is 0 Å². The Morgan fingerprint density at radius 3 is 2.54 bits per heavy atom. The van der Waals surface area contributed by atoms with Gasteiger partial charge < -0.3 is 14.3 Å². The van der Waals surface area contributed by atoms with Gasteiger partial charge in [0.25, 0.3) is 0 Å². The molecule has 0 bridgehead atoms. The summed E-state index contributed by atoms with van der Waals surface area (Å²) in [7, 11) is 0. The Balaban J connectivity index is 1.87. The molecule has 0 saturated heterocycles. The quantitative estimate of drug-likeness (QED) is 0.549. The van der Waals surface area contributed by atoms with Crippen LogP contribution in [0.25, 0.3) is 17.0 Å². The number of fused-ring (bicyclic) bond motifs is 3. The molecule has 0 saturated carbocycles. The third-order valence-electron chi connectivity index (χ3n) is 3.94. The molecule has 118 valence electrons. The average molecular weight is 320 g/mol. The summed E-state index contributed by atoms with van der Waals surface area (Å²) < 4.78 is 10.9. The van der Waals surface area contributed by atoms with Crippen molar-refractivity contribution in [1.82, 2.24) is 0 Å². The number of hydrogen-bond donors (Lipinski definition) is 1. The van der Waals surface area contributed by atoms with Crippen LogP contribution in [0.3, 0.4) is 0 Å². The van der Waals surface area contributed by atoms with Crippen LogP contribution in [0.1, 0.15) is 21.5 Å². The predicted octanol–water partition coefficient (Wildman–Crippen LogP) is 3.42. The molecule has 0 radical (unpaired) electrons. The van der Waals surface area contributed by atoms with E-state index in [4.69, 9.17) is 9.15 Å². The van der Waals surface area contributed by atoms with E-state index in [1.54, 1.807) is 37.3 Å². The normalized spacial score (nSPS) is 14.9.